The molecular formula is C22H25N3O2. The number of anilines is 1. The fourth-order valence-electron chi connectivity index (χ4n) is 4.18. The molecule has 0 spiro atoms. The lowest BCUT2D eigenvalue weighted by atomic mass is 9.83. The molecule has 1 amide bonds. The molecule has 2 bridgehead atoms. The lowest BCUT2D eigenvalue weighted by molar-refractivity contribution is 0.0662. The van der Waals surface area contributed by atoms with Gasteiger partial charge in [-0.3, -0.25) is 15.1 Å². The summed E-state index contributed by atoms with van der Waals surface area (Å²) in [6.45, 7) is 0.985. The standard InChI is InChI=1S/C22H25N3O2/c26-22(23-18-10-5-2-6-11-18)27-24-19-14-20-12-7-13-21(15-19)25(20)16-17-8-3-1-4-9-17/h1-6,8-11,20-21H,7,12-16H2,(H,23,26)/t20-,21-/m1/s1. The van der Waals surface area contributed by atoms with E-state index in [1.54, 1.807) is 0 Å². The summed E-state index contributed by atoms with van der Waals surface area (Å²) in [7, 11) is 0. The number of benzene rings is 2. The third kappa shape index (κ3) is 4.55. The molecule has 0 unspecified atom stereocenters. The van der Waals surface area contributed by atoms with Gasteiger partial charge in [-0.05, 0) is 30.5 Å². The van der Waals surface area contributed by atoms with Crippen molar-refractivity contribution in [3.05, 3.63) is 66.2 Å². The van der Waals surface area contributed by atoms with E-state index in [1.165, 1.54) is 24.8 Å². The van der Waals surface area contributed by atoms with Crippen molar-refractivity contribution >= 4 is 17.5 Å². The molecule has 2 aromatic rings. The zero-order chi connectivity index (χ0) is 18.5. The Labute approximate surface area is 160 Å². The van der Waals surface area contributed by atoms with Crippen LogP contribution in [0.5, 0.6) is 0 Å². The van der Waals surface area contributed by atoms with Crippen LogP contribution in [0.25, 0.3) is 0 Å². The summed E-state index contributed by atoms with van der Waals surface area (Å²) >= 11 is 0. The molecule has 1 N–H and O–H groups in total. The maximum atomic E-state index is 12.0. The number of oxime groups is 1. The molecule has 4 rings (SSSR count). The minimum atomic E-state index is -0.537. The highest BCUT2D eigenvalue weighted by molar-refractivity contribution is 5.88. The first kappa shape index (κ1) is 17.7. The molecule has 140 valence electrons. The van der Waals surface area contributed by atoms with E-state index in [0.717, 1.165) is 25.1 Å². The van der Waals surface area contributed by atoms with Crippen LogP contribution >= 0.6 is 0 Å². The molecule has 2 heterocycles. The normalized spacial score (nSPS) is 22.1. The van der Waals surface area contributed by atoms with E-state index in [2.05, 4.69) is 45.7 Å². The second-order valence-corrected chi connectivity index (χ2v) is 7.33. The van der Waals surface area contributed by atoms with Gasteiger partial charge in [0.15, 0.2) is 0 Å². The first-order valence-corrected chi connectivity index (χ1v) is 9.66. The molecule has 0 saturated carbocycles. The highest BCUT2D eigenvalue weighted by Gasteiger charge is 2.36. The summed E-state index contributed by atoms with van der Waals surface area (Å²) in [6.07, 6.45) is 4.84. The molecular weight excluding hydrogens is 338 g/mol. The van der Waals surface area contributed by atoms with Gasteiger partial charge < -0.3 is 0 Å². The van der Waals surface area contributed by atoms with Crippen LogP contribution in [0, 0.1) is 0 Å². The summed E-state index contributed by atoms with van der Waals surface area (Å²) < 4.78 is 0. The fraction of sp³-hybridized carbons (Fsp3) is 0.364. The van der Waals surface area contributed by atoms with E-state index in [4.69, 9.17) is 4.84 Å². The Kier molecular flexibility index (Phi) is 5.49. The number of nitrogens with one attached hydrogen (secondary N) is 1. The average molecular weight is 363 g/mol. The molecule has 0 aromatic heterocycles. The first-order chi connectivity index (χ1) is 13.3. The SMILES string of the molecule is O=C(Nc1ccccc1)ON=C1C[C@H]2CCC[C@H](C1)N2Cc1ccccc1. The second-order valence-electron chi connectivity index (χ2n) is 7.33. The van der Waals surface area contributed by atoms with Gasteiger partial charge in [-0.1, -0.05) is 60.1 Å². The minimum absolute atomic E-state index is 0.484. The zero-order valence-corrected chi connectivity index (χ0v) is 15.4. The van der Waals surface area contributed by atoms with Gasteiger partial charge in [0.25, 0.3) is 0 Å². The third-order valence-corrected chi connectivity index (χ3v) is 5.44. The Bertz CT molecular complexity index is 776. The highest BCUT2D eigenvalue weighted by atomic mass is 16.7. The van der Waals surface area contributed by atoms with Gasteiger partial charge >= 0.3 is 6.09 Å². The molecule has 5 nitrogen and oxygen atoms in total. The minimum Gasteiger partial charge on any atom is -0.298 e. The number of carbonyl (C=O) groups excluding carboxylic acids is 1. The molecule has 2 fully saturated rings. The van der Waals surface area contributed by atoms with Crippen molar-refractivity contribution in [1.82, 2.24) is 4.90 Å². The van der Waals surface area contributed by atoms with Crippen LogP contribution in [0.2, 0.25) is 0 Å². The number of piperidine rings is 2. The van der Waals surface area contributed by atoms with Crippen molar-refractivity contribution in [2.75, 3.05) is 5.32 Å². The van der Waals surface area contributed by atoms with Gasteiger partial charge in [-0.25, -0.2) is 4.79 Å². The van der Waals surface area contributed by atoms with Crippen LogP contribution in [0.4, 0.5) is 10.5 Å². The van der Waals surface area contributed by atoms with Crippen LogP contribution < -0.4 is 5.32 Å². The van der Waals surface area contributed by atoms with Gasteiger partial charge in [0, 0.05) is 37.2 Å². The van der Waals surface area contributed by atoms with Crippen LogP contribution in [0.3, 0.4) is 0 Å². The smallest absolute Gasteiger partial charge is 0.298 e. The first-order valence-electron chi connectivity index (χ1n) is 9.66. The predicted octanol–water partition coefficient (Wildman–Crippen LogP) is 4.81. The van der Waals surface area contributed by atoms with E-state index in [1.807, 2.05) is 30.3 Å². The molecule has 2 aromatic carbocycles. The summed E-state index contributed by atoms with van der Waals surface area (Å²) in [4.78, 5) is 19.7. The van der Waals surface area contributed by atoms with Crippen molar-refractivity contribution in [2.24, 2.45) is 5.16 Å². The van der Waals surface area contributed by atoms with E-state index in [-0.39, 0.29) is 0 Å². The Morgan fingerprint density at radius 3 is 2.30 bits per heavy atom. The van der Waals surface area contributed by atoms with Gasteiger partial charge in [-0.15, -0.1) is 0 Å². The number of rotatable bonds is 4. The number of hydrogen-bond donors (Lipinski definition) is 1. The monoisotopic (exact) mass is 363 g/mol. The maximum Gasteiger partial charge on any atom is 0.437 e. The third-order valence-electron chi connectivity index (χ3n) is 5.44. The maximum absolute atomic E-state index is 12.0. The number of fused-ring (bicyclic) bond motifs is 2. The molecule has 2 atom stereocenters. The summed E-state index contributed by atoms with van der Waals surface area (Å²) in [5.74, 6) is 0. The van der Waals surface area contributed by atoms with E-state index >= 15 is 0 Å². The number of nitrogens with zero attached hydrogens (tertiary/aromatic N) is 2. The Morgan fingerprint density at radius 1 is 1.00 bits per heavy atom. The molecule has 0 radical (unpaired) electrons. The molecule has 2 aliphatic rings. The Morgan fingerprint density at radius 2 is 1.63 bits per heavy atom. The topological polar surface area (TPSA) is 53.9 Å². The second kappa shape index (κ2) is 8.35. The molecule has 27 heavy (non-hydrogen) atoms. The Balaban J connectivity index is 1.36. The van der Waals surface area contributed by atoms with E-state index in [9.17, 15) is 4.79 Å². The molecule has 2 saturated heterocycles. The van der Waals surface area contributed by atoms with Crippen molar-refractivity contribution in [3.8, 4) is 0 Å². The van der Waals surface area contributed by atoms with Crippen molar-refractivity contribution in [2.45, 2.75) is 50.7 Å². The Hall–Kier alpha value is -2.66. The lowest BCUT2D eigenvalue weighted by Gasteiger charge is -2.46. The largest absolute Gasteiger partial charge is 0.437 e. The lowest BCUT2D eigenvalue weighted by Crippen LogP contribution is -2.51. The average Bonchev–Trinajstić information content (AvgIpc) is 2.68. The van der Waals surface area contributed by atoms with E-state index < -0.39 is 6.09 Å². The van der Waals surface area contributed by atoms with Crippen LogP contribution in [-0.2, 0) is 11.4 Å². The van der Waals surface area contributed by atoms with Crippen LogP contribution in [-0.4, -0.2) is 28.8 Å². The van der Waals surface area contributed by atoms with Crippen LogP contribution in [0.15, 0.2) is 65.8 Å². The molecule has 5 heteroatoms. The summed E-state index contributed by atoms with van der Waals surface area (Å²) in [6, 6.07) is 20.9. The van der Waals surface area contributed by atoms with Crippen molar-refractivity contribution in [1.29, 1.82) is 0 Å². The van der Waals surface area contributed by atoms with Gasteiger partial charge in [0.05, 0.1) is 5.71 Å². The quantitative estimate of drug-likeness (QED) is 0.626. The number of hydrogen-bond acceptors (Lipinski definition) is 4. The zero-order valence-electron chi connectivity index (χ0n) is 15.4. The van der Waals surface area contributed by atoms with Gasteiger partial charge in [-0.2, -0.15) is 0 Å². The predicted molar refractivity (Wildman–Crippen MR) is 107 cm³/mol. The highest BCUT2D eigenvalue weighted by Crippen LogP contribution is 2.34. The molecule has 2 aliphatic heterocycles. The van der Waals surface area contributed by atoms with Crippen LogP contribution in [0.1, 0.15) is 37.7 Å². The number of amides is 1. The van der Waals surface area contributed by atoms with Gasteiger partial charge in [0.1, 0.15) is 0 Å². The number of para-hydroxylation sites is 1. The summed E-state index contributed by atoms with van der Waals surface area (Å²) in [5.41, 5.74) is 3.06. The molecule has 0 aliphatic carbocycles. The number of carbonyl (C=O) groups is 1. The van der Waals surface area contributed by atoms with Gasteiger partial charge in [0.2, 0.25) is 0 Å². The van der Waals surface area contributed by atoms with E-state index in [0.29, 0.717) is 17.8 Å². The fourth-order valence-corrected chi connectivity index (χ4v) is 4.18. The van der Waals surface area contributed by atoms with Crippen molar-refractivity contribution < 1.29 is 9.63 Å². The van der Waals surface area contributed by atoms with Crippen molar-refractivity contribution in [3.63, 3.8) is 0 Å². The summed E-state index contributed by atoms with van der Waals surface area (Å²) in [5, 5.41) is 6.88.